The fraction of sp³-hybridized carbons (Fsp3) is 0.643. The lowest BCUT2D eigenvalue weighted by atomic mass is 9.94. The first kappa shape index (κ1) is 14.3. The van der Waals surface area contributed by atoms with Gasteiger partial charge in [-0.25, -0.2) is 0 Å². The molecule has 1 aromatic heterocycles. The van der Waals surface area contributed by atoms with Gasteiger partial charge in [0.1, 0.15) is 5.60 Å². The smallest absolute Gasteiger partial charge is 0.228 e. The number of amides is 1. The van der Waals surface area contributed by atoms with Crippen LogP contribution < -0.4 is 0 Å². The molecule has 2 saturated heterocycles. The zero-order valence-electron chi connectivity index (χ0n) is 11.4. The van der Waals surface area contributed by atoms with Crippen LogP contribution in [0, 0.1) is 0 Å². The summed E-state index contributed by atoms with van der Waals surface area (Å²) < 4.78 is 12.3. The molecule has 0 N–H and O–H groups in total. The van der Waals surface area contributed by atoms with Crippen LogP contribution in [0.3, 0.4) is 0 Å². The molecule has 0 saturated carbocycles. The Balaban J connectivity index is 1.66. The number of hydrogen-bond donors (Lipinski definition) is 0. The standard InChI is InChI=1S/C14H18ClNO3S/c1-10-14(4-6-18-10)9-16(5-7-19-14)13(17)8-11-2-3-12(15)20-11/h2-3,10H,4-9H2,1H3/t10-,14-/m1/s1. The summed E-state index contributed by atoms with van der Waals surface area (Å²) in [5.41, 5.74) is -0.305. The number of rotatable bonds is 2. The van der Waals surface area contributed by atoms with Gasteiger partial charge in [0.25, 0.3) is 0 Å². The highest BCUT2D eigenvalue weighted by molar-refractivity contribution is 7.16. The van der Waals surface area contributed by atoms with E-state index in [2.05, 4.69) is 0 Å². The van der Waals surface area contributed by atoms with Crippen molar-refractivity contribution in [3.05, 3.63) is 21.3 Å². The highest BCUT2D eigenvalue weighted by Crippen LogP contribution is 2.33. The van der Waals surface area contributed by atoms with Crippen molar-refractivity contribution in [3.8, 4) is 0 Å². The molecular formula is C14H18ClNO3S. The topological polar surface area (TPSA) is 38.8 Å². The number of ether oxygens (including phenoxy) is 2. The van der Waals surface area contributed by atoms with Gasteiger partial charge in [0.15, 0.2) is 0 Å². The summed E-state index contributed by atoms with van der Waals surface area (Å²) in [5, 5.41) is 0. The molecule has 0 aromatic carbocycles. The molecule has 1 spiro atoms. The highest BCUT2D eigenvalue weighted by atomic mass is 35.5. The third-order valence-electron chi connectivity index (χ3n) is 4.15. The second kappa shape index (κ2) is 5.64. The second-order valence-corrected chi connectivity index (χ2v) is 7.17. The van der Waals surface area contributed by atoms with E-state index < -0.39 is 0 Å². The first-order valence-corrected chi connectivity index (χ1v) is 8.06. The summed E-state index contributed by atoms with van der Waals surface area (Å²) in [6.45, 7) is 4.62. The Kier molecular flexibility index (Phi) is 4.04. The van der Waals surface area contributed by atoms with Gasteiger partial charge in [-0.15, -0.1) is 11.3 Å². The molecule has 1 aromatic rings. The summed E-state index contributed by atoms with van der Waals surface area (Å²) in [4.78, 5) is 15.3. The molecular weight excluding hydrogens is 298 g/mol. The number of carbonyl (C=O) groups is 1. The Labute approximate surface area is 127 Å². The van der Waals surface area contributed by atoms with Crippen LogP contribution in [0.4, 0.5) is 0 Å². The van der Waals surface area contributed by atoms with Crippen molar-refractivity contribution < 1.29 is 14.3 Å². The Morgan fingerprint density at radius 1 is 1.55 bits per heavy atom. The molecule has 6 heteroatoms. The Hall–Kier alpha value is -0.620. The fourth-order valence-electron chi connectivity index (χ4n) is 2.89. The third-order valence-corrected chi connectivity index (χ3v) is 5.38. The summed E-state index contributed by atoms with van der Waals surface area (Å²) >= 11 is 7.37. The number of carbonyl (C=O) groups excluding carboxylic acids is 1. The lowest BCUT2D eigenvalue weighted by molar-refractivity contribution is -0.158. The van der Waals surface area contributed by atoms with Gasteiger partial charge in [-0.2, -0.15) is 0 Å². The van der Waals surface area contributed by atoms with Crippen LogP contribution in [0.25, 0.3) is 0 Å². The minimum Gasteiger partial charge on any atom is -0.375 e. The molecule has 2 aliphatic rings. The molecule has 110 valence electrons. The van der Waals surface area contributed by atoms with Crippen molar-refractivity contribution in [2.75, 3.05) is 26.3 Å². The van der Waals surface area contributed by atoms with Crippen molar-refractivity contribution in [3.63, 3.8) is 0 Å². The fourth-order valence-corrected chi connectivity index (χ4v) is 3.97. The first-order chi connectivity index (χ1) is 9.59. The van der Waals surface area contributed by atoms with Crippen LogP contribution >= 0.6 is 22.9 Å². The van der Waals surface area contributed by atoms with E-state index in [-0.39, 0.29) is 17.6 Å². The molecule has 4 nitrogen and oxygen atoms in total. The van der Waals surface area contributed by atoms with Crippen molar-refractivity contribution in [2.24, 2.45) is 0 Å². The van der Waals surface area contributed by atoms with Gasteiger partial charge in [-0.05, 0) is 19.1 Å². The molecule has 0 radical (unpaired) electrons. The summed E-state index contributed by atoms with van der Waals surface area (Å²) in [5.74, 6) is 0.144. The van der Waals surface area contributed by atoms with Gasteiger partial charge in [-0.1, -0.05) is 11.6 Å². The maximum atomic E-state index is 12.4. The third kappa shape index (κ3) is 2.72. The monoisotopic (exact) mass is 315 g/mol. The van der Waals surface area contributed by atoms with Crippen molar-refractivity contribution >= 4 is 28.8 Å². The van der Waals surface area contributed by atoms with E-state index in [1.54, 1.807) is 0 Å². The van der Waals surface area contributed by atoms with Crippen LogP contribution in [0.15, 0.2) is 12.1 Å². The van der Waals surface area contributed by atoms with E-state index in [0.717, 1.165) is 15.6 Å². The number of thiophene rings is 1. The predicted octanol–water partition coefficient (Wildman–Crippen LogP) is 2.35. The van der Waals surface area contributed by atoms with E-state index in [1.165, 1.54) is 11.3 Å². The molecule has 20 heavy (non-hydrogen) atoms. The number of hydrogen-bond acceptors (Lipinski definition) is 4. The van der Waals surface area contributed by atoms with E-state index in [4.69, 9.17) is 21.1 Å². The average Bonchev–Trinajstić information content (AvgIpc) is 2.98. The molecule has 0 bridgehead atoms. The van der Waals surface area contributed by atoms with E-state index in [9.17, 15) is 4.79 Å². The van der Waals surface area contributed by atoms with E-state index >= 15 is 0 Å². The Bertz CT molecular complexity index is 506. The van der Waals surface area contributed by atoms with Gasteiger partial charge in [0, 0.05) is 24.4 Å². The number of nitrogens with zero attached hydrogens (tertiary/aromatic N) is 1. The van der Waals surface area contributed by atoms with Crippen LogP contribution in [-0.4, -0.2) is 48.8 Å². The van der Waals surface area contributed by atoms with Gasteiger partial charge >= 0.3 is 0 Å². The molecule has 0 aliphatic carbocycles. The molecule has 3 heterocycles. The summed E-state index contributed by atoms with van der Waals surface area (Å²) in [7, 11) is 0. The Morgan fingerprint density at radius 3 is 3.05 bits per heavy atom. The highest BCUT2D eigenvalue weighted by Gasteiger charge is 2.46. The molecule has 1 amide bonds. The molecule has 2 aliphatic heterocycles. The summed E-state index contributed by atoms with van der Waals surface area (Å²) in [6, 6.07) is 3.75. The molecule has 2 fully saturated rings. The minimum absolute atomic E-state index is 0.0503. The van der Waals surface area contributed by atoms with Crippen molar-refractivity contribution in [1.29, 1.82) is 0 Å². The van der Waals surface area contributed by atoms with Crippen LogP contribution in [0.1, 0.15) is 18.2 Å². The predicted molar refractivity (Wildman–Crippen MR) is 78.3 cm³/mol. The maximum absolute atomic E-state index is 12.4. The number of morpholine rings is 1. The average molecular weight is 316 g/mol. The quantitative estimate of drug-likeness (QED) is 0.841. The molecule has 0 unspecified atom stereocenters. The van der Waals surface area contributed by atoms with Gasteiger partial charge < -0.3 is 14.4 Å². The maximum Gasteiger partial charge on any atom is 0.228 e. The van der Waals surface area contributed by atoms with Crippen LogP contribution in [0.5, 0.6) is 0 Å². The first-order valence-electron chi connectivity index (χ1n) is 6.87. The largest absolute Gasteiger partial charge is 0.375 e. The molecule has 2 atom stereocenters. The van der Waals surface area contributed by atoms with E-state index in [1.807, 2.05) is 24.0 Å². The van der Waals surface area contributed by atoms with Crippen molar-refractivity contribution in [2.45, 2.75) is 31.5 Å². The van der Waals surface area contributed by atoms with Crippen molar-refractivity contribution in [1.82, 2.24) is 4.90 Å². The summed E-state index contributed by atoms with van der Waals surface area (Å²) in [6.07, 6.45) is 1.33. The minimum atomic E-state index is -0.305. The normalized spacial score (nSPS) is 30.1. The molecule has 3 rings (SSSR count). The van der Waals surface area contributed by atoms with Gasteiger partial charge in [0.05, 0.1) is 30.0 Å². The lowest BCUT2D eigenvalue weighted by Crippen LogP contribution is -2.57. The Morgan fingerprint density at radius 2 is 2.40 bits per heavy atom. The second-order valence-electron chi connectivity index (χ2n) is 5.37. The van der Waals surface area contributed by atoms with Gasteiger partial charge in [0.2, 0.25) is 5.91 Å². The lowest BCUT2D eigenvalue weighted by Gasteiger charge is -2.42. The van der Waals surface area contributed by atoms with E-state index in [0.29, 0.717) is 32.7 Å². The van der Waals surface area contributed by atoms with Crippen LogP contribution in [-0.2, 0) is 20.7 Å². The van der Waals surface area contributed by atoms with Gasteiger partial charge in [-0.3, -0.25) is 4.79 Å². The zero-order valence-corrected chi connectivity index (χ0v) is 13.0. The zero-order chi connectivity index (χ0) is 14.2. The SMILES string of the molecule is C[C@H]1OCC[C@@]12CN(C(=O)Cc1ccc(Cl)s1)CCO2. The van der Waals surface area contributed by atoms with Crippen LogP contribution in [0.2, 0.25) is 4.34 Å². The number of halogens is 1.